The van der Waals surface area contributed by atoms with Gasteiger partial charge in [-0.3, -0.25) is 9.69 Å². The molecule has 0 N–H and O–H groups in total. The third-order valence-electron chi connectivity index (χ3n) is 4.01. The van der Waals surface area contributed by atoms with E-state index in [9.17, 15) is 9.59 Å². The van der Waals surface area contributed by atoms with Crippen LogP contribution in [0.25, 0.3) is 6.08 Å². The minimum atomic E-state index is -0.457. The van der Waals surface area contributed by atoms with Crippen LogP contribution in [-0.2, 0) is 9.47 Å². The number of carbonyl (C=O) groups is 2. The molecular weight excluding hydrogens is 386 g/mol. The second-order valence-electron chi connectivity index (χ2n) is 5.82. The summed E-state index contributed by atoms with van der Waals surface area (Å²) in [7, 11) is 1.30. The Hall–Kier alpha value is -2.70. The number of rotatable bonds is 4. The van der Waals surface area contributed by atoms with Gasteiger partial charge in [0.2, 0.25) is 0 Å². The molecule has 0 saturated carbocycles. The number of thiocarbonyl (C=S) groups is 1. The molecule has 1 atom stereocenters. The molecule has 1 aliphatic heterocycles. The van der Waals surface area contributed by atoms with Crippen LogP contribution < -0.4 is 0 Å². The van der Waals surface area contributed by atoms with E-state index >= 15 is 0 Å². The molecule has 5 nitrogen and oxygen atoms in total. The quantitative estimate of drug-likeness (QED) is 0.573. The molecule has 3 rings (SSSR count). The summed E-state index contributed by atoms with van der Waals surface area (Å²) in [5.74, 6) is -0.736. The molecule has 2 aromatic rings. The van der Waals surface area contributed by atoms with Crippen molar-refractivity contribution in [2.45, 2.75) is 6.10 Å². The fourth-order valence-electron chi connectivity index (χ4n) is 2.57. The lowest BCUT2D eigenvalue weighted by atomic mass is 10.1. The number of hydrogen-bond donors (Lipinski definition) is 0. The summed E-state index contributed by atoms with van der Waals surface area (Å²) < 4.78 is 10.2. The van der Waals surface area contributed by atoms with Crippen LogP contribution in [0.1, 0.15) is 26.3 Å². The van der Waals surface area contributed by atoms with Crippen LogP contribution in [0.2, 0.25) is 5.02 Å². The Morgan fingerprint density at radius 3 is 2.41 bits per heavy atom. The molecule has 1 aliphatic rings. The third-order valence-corrected chi connectivity index (χ3v) is 4.58. The normalized spacial score (nSPS) is 16.4. The summed E-state index contributed by atoms with van der Waals surface area (Å²) in [5, 5.41) is 0.795. The number of carbonyl (C=O) groups excluding carboxylic acids is 2. The van der Waals surface area contributed by atoms with E-state index in [1.165, 1.54) is 24.1 Å². The first-order chi connectivity index (χ1) is 13.0. The summed E-state index contributed by atoms with van der Waals surface area (Å²) in [6.07, 6.45) is 3.41. The molecule has 0 aliphatic carbocycles. The van der Waals surface area contributed by atoms with Gasteiger partial charge < -0.3 is 9.47 Å². The van der Waals surface area contributed by atoms with Crippen molar-refractivity contribution in [2.75, 3.05) is 13.7 Å². The van der Waals surface area contributed by atoms with Gasteiger partial charge >= 0.3 is 5.97 Å². The molecule has 1 amide bonds. The molecule has 7 heteroatoms. The second kappa shape index (κ2) is 8.33. The van der Waals surface area contributed by atoms with Gasteiger partial charge in [0.15, 0.2) is 0 Å². The lowest BCUT2D eigenvalue weighted by Gasteiger charge is -2.12. The molecule has 1 fully saturated rings. The number of methoxy groups -OCH3 is 1. The monoisotopic (exact) mass is 401 g/mol. The van der Waals surface area contributed by atoms with Gasteiger partial charge in [-0.2, -0.15) is 0 Å². The van der Waals surface area contributed by atoms with E-state index in [0.717, 1.165) is 5.56 Å². The Morgan fingerprint density at radius 1 is 1.15 bits per heavy atom. The average Bonchev–Trinajstić information content (AvgIpc) is 3.07. The number of esters is 1. The predicted octanol–water partition coefficient (Wildman–Crippen LogP) is 3.97. The lowest BCUT2D eigenvalue weighted by molar-refractivity contribution is 0.0600. The van der Waals surface area contributed by atoms with E-state index in [2.05, 4.69) is 4.74 Å². The summed E-state index contributed by atoms with van der Waals surface area (Å²) in [5.41, 5.74) is 1.76. The van der Waals surface area contributed by atoms with Crippen LogP contribution in [0.4, 0.5) is 0 Å². The zero-order valence-corrected chi connectivity index (χ0v) is 16.0. The van der Waals surface area contributed by atoms with E-state index in [-0.39, 0.29) is 17.2 Å². The molecule has 0 bridgehead atoms. The van der Waals surface area contributed by atoms with Gasteiger partial charge in [0, 0.05) is 10.6 Å². The first-order valence-corrected chi connectivity index (χ1v) is 8.91. The Morgan fingerprint density at radius 2 is 1.78 bits per heavy atom. The van der Waals surface area contributed by atoms with Crippen molar-refractivity contribution in [3.05, 3.63) is 76.3 Å². The van der Waals surface area contributed by atoms with Gasteiger partial charge in [-0.1, -0.05) is 29.8 Å². The van der Waals surface area contributed by atoms with Gasteiger partial charge in [-0.05, 0) is 60.3 Å². The first-order valence-electron chi connectivity index (χ1n) is 8.12. The fourth-order valence-corrected chi connectivity index (χ4v) is 2.97. The number of halogens is 1. The maximum atomic E-state index is 12.7. The zero-order chi connectivity index (χ0) is 19.4. The molecule has 27 heavy (non-hydrogen) atoms. The molecule has 2 aromatic carbocycles. The van der Waals surface area contributed by atoms with Gasteiger partial charge in [0.05, 0.1) is 19.2 Å². The second-order valence-corrected chi connectivity index (χ2v) is 6.60. The molecule has 0 spiro atoms. The van der Waals surface area contributed by atoms with Crippen LogP contribution in [0, 0.1) is 0 Å². The van der Waals surface area contributed by atoms with Gasteiger partial charge in [0.25, 0.3) is 11.1 Å². The molecule has 1 unspecified atom stereocenters. The fraction of sp³-hybridized carbons (Fsp3) is 0.150. The third kappa shape index (κ3) is 4.53. The number of benzene rings is 2. The highest BCUT2D eigenvalue weighted by atomic mass is 35.5. The standard InChI is InChI=1S/C20H16ClNO4S/c1-25-19(24)15-7-5-14(6-8-15)18(23)22-12-17(26-20(22)27)11-4-13-2-9-16(21)10-3-13/h2-11,17H,12H2,1H3/b11-4+. The number of ether oxygens (including phenoxy) is 2. The van der Waals surface area contributed by atoms with Gasteiger partial charge in [-0.25, -0.2) is 4.79 Å². The number of nitrogens with zero attached hydrogens (tertiary/aromatic N) is 1. The summed E-state index contributed by atoms with van der Waals surface area (Å²) >= 11 is 11.1. The van der Waals surface area contributed by atoms with E-state index in [1.54, 1.807) is 24.3 Å². The van der Waals surface area contributed by atoms with Crippen LogP contribution in [0.5, 0.6) is 0 Å². The van der Waals surface area contributed by atoms with Crippen molar-refractivity contribution in [3.8, 4) is 0 Å². The highest BCUT2D eigenvalue weighted by Crippen LogP contribution is 2.19. The minimum absolute atomic E-state index is 0.128. The van der Waals surface area contributed by atoms with Gasteiger partial charge in [0.1, 0.15) is 6.10 Å². The molecule has 1 saturated heterocycles. The molecule has 0 radical (unpaired) electrons. The highest BCUT2D eigenvalue weighted by Gasteiger charge is 2.32. The van der Waals surface area contributed by atoms with E-state index in [4.69, 9.17) is 28.6 Å². The molecular formula is C20H16ClNO4S. The highest BCUT2D eigenvalue weighted by molar-refractivity contribution is 7.80. The van der Waals surface area contributed by atoms with Crippen molar-refractivity contribution >= 4 is 46.9 Å². The average molecular weight is 402 g/mol. The minimum Gasteiger partial charge on any atom is -0.465 e. The van der Waals surface area contributed by atoms with Crippen LogP contribution in [0.15, 0.2) is 54.6 Å². The zero-order valence-electron chi connectivity index (χ0n) is 14.4. The SMILES string of the molecule is COC(=O)c1ccc(C(=O)N2CC(/C=C/c3ccc(Cl)cc3)OC2=S)cc1. The maximum Gasteiger partial charge on any atom is 0.337 e. The Labute approximate surface area is 167 Å². The molecule has 1 heterocycles. The van der Waals surface area contributed by atoms with Gasteiger partial charge in [-0.15, -0.1) is 0 Å². The Kier molecular flexibility index (Phi) is 5.88. The van der Waals surface area contributed by atoms with Crippen LogP contribution in [0.3, 0.4) is 0 Å². The van der Waals surface area contributed by atoms with E-state index < -0.39 is 5.97 Å². The predicted molar refractivity (Wildman–Crippen MR) is 107 cm³/mol. The van der Waals surface area contributed by atoms with Crippen molar-refractivity contribution < 1.29 is 19.1 Å². The maximum absolute atomic E-state index is 12.7. The largest absolute Gasteiger partial charge is 0.465 e. The van der Waals surface area contributed by atoms with Crippen molar-refractivity contribution in [2.24, 2.45) is 0 Å². The summed E-state index contributed by atoms with van der Waals surface area (Å²) in [6, 6.07) is 13.6. The topological polar surface area (TPSA) is 55.8 Å². The smallest absolute Gasteiger partial charge is 0.337 e. The number of amides is 1. The lowest BCUT2D eigenvalue weighted by Crippen LogP contribution is -2.32. The van der Waals surface area contributed by atoms with Crippen LogP contribution >= 0.6 is 23.8 Å². The Bertz CT molecular complexity index is 893. The molecule has 138 valence electrons. The summed E-state index contributed by atoms with van der Waals surface area (Å²) in [4.78, 5) is 25.6. The summed E-state index contributed by atoms with van der Waals surface area (Å²) in [6.45, 7) is 0.320. The first kappa shape index (κ1) is 19.1. The molecule has 0 aromatic heterocycles. The van der Waals surface area contributed by atoms with Crippen molar-refractivity contribution in [1.82, 2.24) is 4.90 Å². The van der Waals surface area contributed by atoms with Crippen LogP contribution in [-0.4, -0.2) is 41.7 Å². The van der Waals surface area contributed by atoms with E-state index in [1.807, 2.05) is 24.3 Å². The van der Waals surface area contributed by atoms with Crippen molar-refractivity contribution in [1.29, 1.82) is 0 Å². The van der Waals surface area contributed by atoms with E-state index in [0.29, 0.717) is 22.7 Å². The Balaban J connectivity index is 1.67. The van der Waals surface area contributed by atoms with Crippen molar-refractivity contribution in [3.63, 3.8) is 0 Å². The number of hydrogen-bond acceptors (Lipinski definition) is 5.